The highest BCUT2D eigenvalue weighted by atomic mass is 16.5. The van der Waals surface area contributed by atoms with E-state index in [1.54, 1.807) is 0 Å². The monoisotopic (exact) mass is 241 g/mol. The molecule has 2 unspecified atom stereocenters. The number of morpholine rings is 1. The first kappa shape index (κ1) is 13.3. The van der Waals surface area contributed by atoms with Crippen molar-refractivity contribution in [1.29, 1.82) is 0 Å². The molecule has 0 aromatic heterocycles. The Morgan fingerprint density at radius 3 is 2.59 bits per heavy atom. The number of aliphatic hydroxyl groups is 1. The first-order valence-electron chi connectivity index (χ1n) is 7.11. The highest BCUT2D eigenvalue weighted by Crippen LogP contribution is 2.37. The van der Waals surface area contributed by atoms with Crippen LogP contribution in [0.4, 0.5) is 0 Å². The van der Waals surface area contributed by atoms with Crippen LogP contribution in [0.25, 0.3) is 0 Å². The average molecular weight is 241 g/mol. The van der Waals surface area contributed by atoms with Gasteiger partial charge in [0.2, 0.25) is 0 Å². The Labute approximate surface area is 105 Å². The molecular formula is C14H27NO2. The van der Waals surface area contributed by atoms with E-state index in [4.69, 9.17) is 4.74 Å². The second-order valence-corrected chi connectivity index (χ2v) is 6.24. The van der Waals surface area contributed by atoms with Gasteiger partial charge in [0.1, 0.15) is 0 Å². The van der Waals surface area contributed by atoms with Gasteiger partial charge in [-0.25, -0.2) is 0 Å². The fourth-order valence-corrected chi connectivity index (χ4v) is 3.30. The molecule has 1 aliphatic carbocycles. The molecule has 3 heteroatoms. The normalized spacial score (nSPS) is 38.6. The maximum Gasteiger partial charge on any atom is 0.0663 e. The van der Waals surface area contributed by atoms with E-state index in [1.807, 2.05) is 6.92 Å². The Balaban J connectivity index is 1.84. The first-order chi connectivity index (χ1) is 8.08. The van der Waals surface area contributed by atoms with Gasteiger partial charge in [-0.1, -0.05) is 19.8 Å². The molecule has 2 aliphatic rings. The highest BCUT2D eigenvalue weighted by molar-refractivity contribution is 4.89. The van der Waals surface area contributed by atoms with Crippen molar-refractivity contribution >= 4 is 0 Å². The lowest BCUT2D eigenvalue weighted by Crippen LogP contribution is -2.48. The minimum absolute atomic E-state index is 0.332. The average Bonchev–Trinajstić information content (AvgIpc) is 2.30. The van der Waals surface area contributed by atoms with E-state index in [0.29, 0.717) is 12.0 Å². The smallest absolute Gasteiger partial charge is 0.0663 e. The molecule has 1 saturated carbocycles. The minimum atomic E-state index is -0.529. The largest absolute Gasteiger partial charge is 0.390 e. The third kappa shape index (κ3) is 3.67. The summed E-state index contributed by atoms with van der Waals surface area (Å²) in [4.78, 5) is 0. The van der Waals surface area contributed by atoms with E-state index in [-0.39, 0.29) is 0 Å². The van der Waals surface area contributed by atoms with Crippen LogP contribution in [0.2, 0.25) is 0 Å². The lowest BCUT2D eigenvalue weighted by atomic mass is 9.72. The van der Waals surface area contributed by atoms with Crippen LogP contribution in [0.15, 0.2) is 0 Å². The number of hydrogen-bond donors (Lipinski definition) is 2. The molecule has 2 rings (SSSR count). The first-order valence-corrected chi connectivity index (χ1v) is 7.11. The van der Waals surface area contributed by atoms with Crippen molar-refractivity contribution in [3.05, 3.63) is 0 Å². The maximum atomic E-state index is 10.7. The maximum absolute atomic E-state index is 10.7. The Morgan fingerprint density at radius 1 is 1.29 bits per heavy atom. The molecule has 2 N–H and O–H groups in total. The fourth-order valence-electron chi connectivity index (χ4n) is 3.30. The predicted octanol–water partition coefficient (Wildman–Crippen LogP) is 1.94. The van der Waals surface area contributed by atoms with Gasteiger partial charge in [-0.05, 0) is 38.0 Å². The molecule has 17 heavy (non-hydrogen) atoms. The van der Waals surface area contributed by atoms with Gasteiger partial charge in [0, 0.05) is 12.6 Å². The molecule has 2 atom stereocenters. The Hall–Kier alpha value is -0.120. The van der Waals surface area contributed by atoms with Crippen molar-refractivity contribution in [1.82, 2.24) is 5.32 Å². The van der Waals surface area contributed by atoms with E-state index in [0.717, 1.165) is 32.1 Å². The summed E-state index contributed by atoms with van der Waals surface area (Å²) in [6, 6.07) is 0.332. The number of hydrogen-bond acceptors (Lipinski definition) is 3. The fraction of sp³-hybridized carbons (Fsp3) is 1.00. The molecular weight excluding hydrogens is 214 g/mol. The molecule has 0 amide bonds. The molecule has 1 aliphatic heterocycles. The quantitative estimate of drug-likeness (QED) is 0.793. The van der Waals surface area contributed by atoms with E-state index in [2.05, 4.69) is 12.2 Å². The zero-order valence-electron chi connectivity index (χ0n) is 11.2. The molecule has 1 heterocycles. The lowest BCUT2D eigenvalue weighted by Gasteiger charge is -2.40. The number of rotatable bonds is 3. The van der Waals surface area contributed by atoms with Crippen molar-refractivity contribution in [3.63, 3.8) is 0 Å². The van der Waals surface area contributed by atoms with Gasteiger partial charge < -0.3 is 15.2 Å². The van der Waals surface area contributed by atoms with Crippen molar-refractivity contribution in [2.45, 2.75) is 57.6 Å². The molecule has 1 saturated heterocycles. The van der Waals surface area contributed by atoms with E-state index in [1.165, 1.54) is 25.7 Å². The summed E-state index contributed by atoms with van der Waals surface area (Å²) >= 11 is 0. The van der Waals surface area contributed by atoms with Gasteiger partial charge in [-0.2, -0.15) is 0 Å². The van der Waals surface area contributed by atoms with Crippen molar-refractivity contribution in [3.8, 4) is 0 Å². The third-order valence-electron chi connectivity index (χ3n) is 4.55. The van der Waals surface area contributed by atoms with Crippen molar-refractivity contribution in [2.75, 3.05) is 19.8 Å². The summed E-state index contributed by atoms with van der Waals surface area (Å²) in [5.41, 5.74) is -0.529. The summed E-state index contributed by atoms with van der Waals surface area (Å²) in [6.07, 6.45) is 5.74. The zero-order valence-corrected chi connectivity index (χ0v) is 11.2. The molecule has 0 aromatic carbocycles. The SMILES string of the molecule is CC1CCC(C(C)(O)CC2COCCN2)CC1. The summed E-state index contributed by atoms with van der Waals surface area (Å²) in [7, 11) is 0. The second kappa shape index (κ2) is 5.68. The minimum Gasteiger partial charge on any atom is -0.390 e. The van der Waals surface area contributed by atoms with Crippen LogP contribution < -0.4 is 5.32 Å². The van der Waals surface area contributed by atoms with Crippen LogP contribution in [0, 0.1) is 11.8 Å². The molecule has 100 valence electrons. The Morgan fingerprint density at radius 2 is 2.00 bits per heavy atom. The van der Waals surface area contributed by atoms with E-state index >= 15 is 0 Å². The summed E-state index contributed by atoms with van der Waals surface area (Å²) in [5.74, 6) is 1.32. The van der Waals surface area contributed by atoms with Crippen LogP contribution in [0.5, 0.6) is 0 Å². The number of ether oxygens (including phenoxy) is 1. The van der Waals surface area contributed by atoms with Crippen LogP contribution in [-0.2, 0) is 4.74 Å². The predicted molar refractivity (Wildman–Crippen MR) is 69.0 cm³/mol. The molecule has 0 bridgehead atoms. The van der Waals surface area contributed by atoms with Crippen molar-refractivity contribution < 1.29 is 9.84 Å². The molecule has 0 spiro atoms. The van der Waals surface area contributed by atoms with Gasteiger partial charge in [0.15, 0.2) is 0 Å². The van der Waals surface area contributed by atoms with E-state index < -0.39 is 5.60 Å². The standard InChI is InChI=1S/C14H27NO2/c1-11-3-5-12(6-4-11)14(2,16)9-13-10-17-8-7-15-13/h11-13,15-16H,3-10H2,1-2H3. The molecule has 0 radical (unpaired) electrons. The molecule has 3 nitrogen and oxygen atoms in total. The highest BCUT2D eigenvalue weighted by Gasteiger charge is 2.36. The van der Waals surface area contributed by atoms with Crippen molar-refractivity contribution in [2.24, 2.45) is 11.8 Å². The van der Waals surface area contributed by atoms with E-state index in [9.17, 15) is 5.11 Å². The second-order valence-electron chi connectivity index (χ2n) is 6.24. The molecule has 2 fully saturated rings. The Bertz CT molecular complexity index is 228. The Kier molecular flexibility index (Phi) is 4.45. The topological polar surface area (TPSA) is 41.5 Å². The van der Waals surface area contributed by atoms with Gasteiger partial charge in [-0.3, -0.25) is 0 Å². The van der Waals surface area contributed by atoms with Gasteiger partial charge in [-0.15, -0.1) is 0 Å². The van der Waals surface area contributed by atoms with Gasteiger partial charge >= 0.3 is 0 Å². The van der Waals surface area contributed by atoms with Gasteiger partial charge in [0.25, 0.3) is 0 Å². The third-order valence-corrected chi connectivity index (χ3v) is 4.55. The lowest BCUT2D eigenvalue weighted by molar-refractivity contribution is -0.0489. The summed E-state index contributed by atoms with van der Waals surface area (Å²) < 4.78 is 5.46. The summed E-state index contributed by atoms with van der Waals surface area (Å²) in [6.45, 7) is 6.81. The van der Waals surface area contributed by atoms with Crippen LogP contribution in [0.3, 0.4) is 0 Å². The van der Waals surface area contributed by atoms with Crippen LogP contribution in [-0.4, -0.2) is 36.5 Å². The van der Waals surface area contributed by atoms with Gasteiger partial charge in [0.05, 0.1) is 18.8 Å². The number of nitrogens with one attached hydrogen (secondary N) is 1. The molecule has 0 aromatic rings. The zero-order chi connectivity index (χ0) is 12.3. The van der Waals surface area contributed by atoms with Crippen LogP contribution >= 0.6 is 0 Å². The summed E-state index contributed by atoms with van der Waals surface area (Å²) in [5, 5.41) is 14.1. The van der Waals surface area contributed by atoms with Crippen LogP contribution in [0.1, 0.15) is 46.0 Å².